The molecule has 14 heavy (non-hydrogen) atoms. The van der Waals surface area contributed by atoms with Crippen molar-refractivity contribution < 1.29 is 10.2 Å². The van der Waals surface area contributed by atoms with E-state index < -0.39 is 11.7 Å². The molecule has 0 spiro atoms. The maximum absolute atomic E-state index is 10.0. The van der Waals surface area contributed by atoms with Gasteiger partial charge in [0.2, 0.25) is 0 Å². The largest absolute Gasteiger partial charge is 0.392 e. The molecule has 0 heterocycles. The van der Waals surface area contributed by atoms with E-state index >= 15 is 0 Å². The van der Waals surface area contributed by atoms with E-state index in [9.17, 15) is 10.2 Å². The lowest BCUT2D eigenvalue weighted by Gasteiger charge is -2.26. The number of aliphatic hydroxyl groups excluding tert-OH is 1. The van der Waals surface area contributed by atoms with Crippen molar-refractivity contribution in [2.75, 3.05) is 6.54 Å². The average molecular weight is 201 g/mol. The van der Waals surface area contributed by atoms with Gasteiger partial charge in [0, 0.05) is 19.0 Å². The molecular weight excluding hydrogens is 178 g/mol. The highest BCUT2D eigenvalue weighted by Gasteiger charge is 2.40. The quantitative estimate of drug-likeness (QED) is 0.598. The normalized spacial score (nSPS) is 23.6. The predicted molar refractivity (Wildman–Crippen MR) is 57.1 cm³/mol. The molecule has 0 saturated heterocycles. The first-order valence-corrected chi connectivity index (χ1v) is 5.55. The lowest BCUT2D eigenvalue weighted by Crippen LogP contribution is -2.38. The molecule has 1 fully saturated rings. The number of hydrogen-bond donors (Lipinski definition) is 3. The molecule has 1 rings (SSSR count). The van der Waals surface area contributed by atoms with Crippen LogP contribution in [0, 0.1) is 5.92 Å². The minimum atomic E-state index is -0.669. The molecule has 2 atom stereocenters. The van der Waals surface area contributed by atoms with Crippen LogP contribution >= 0.6 is 0 Å². The van der Waals surface area contributed by atoms with Crippen molar-refractivity contribution >= 4 is 0 Å². The van der Waals surface area contributed by atoms with Crippen LogP contribution in [0.15, 0.2) is 0 Å². The molecule has 1 saturated carbocycles. The summed E-state index contributed by atoms with van der Waals surface area (Å²) in [5.41, 5.74) is -0.669. The third kappa shape index (κ3) is 3.95. The fraction of sp³-hybridized carbons (Fsp3) is 1.00. The molecule has 3 nitrogen and oxygen atoms in total. The van der Waals surface area contributed by atoms with Gasteiger partial charge in [-0.2, -0.15) is 0 Å². The minimum absolute atomic E-state index is 0.385. The fourth-order valence-corrected chi connectivity index (χ4v) is 1.79. The van der Waals surface area contributed by atoms with Crippen molar-refractivity contribution in [3.8, 4) is 0 Å². The van der Waals surface area contributed by atoms with E-state index in [1.807, 2.05) is 20.8 Å². The van der Waals surface area contributed by atoms with Gasteiger partial charge in [-0.3, -0.25) is 0 Å². The van der Waals surface area contributed by atoms with E-state index in [0.29, 0.717) is 24.9 Å². The molecule has 0 amide bonds. The second-order valence-electron chi connectivity index (χ2n) is 5.05. The Morgan fingerprint density at radius 1 is 1.43 bits per heavy atom. The van der Waals surface area contributed by atoms with Gasteiger partial charge in [-0.15, -0.1) is 0 Å². The number of rotatable bonds is 6. The van der Waals surface area contributed by atoms with Crippen LogP contribution in [0.2, 0.25) is 0 Å². The first kappa shape index (κ1) is 12.0. The Morgan fingerprint density at radius 2 is 2.00 bits per heavy atom. The van der Waals surface area contributed by atoms with Gasteiger partial charge >= 0.3 is 0 Å². The van der Waals surface area contributed by atoms with Gasteiger partial charge < -0.3 is 15.5 Å². The standard InChI is InChI=1S/C11H23NO2/c1-8(2)12-7-10(13)6-11(3,14)9-4-5-9/h8-10,12-14H,4-7H2,1-3H3/t10-,11-/m1/s1. The van der Waals surface area contributed by atoms with Crippen LogP contribution in [0.3, 0.4) is 0 Å². The monoisotopic (exact) mass is 201 g/mol. The van der Waals surface area contributed by atoms with Crippen LogP contribution in [-0.2, 0) is 0 Å². The van der Waals surface area contributed by atoms with Gasteiger partial charge in [0.25, 0.3) is 0 Å². The highest BCUT2D eigenvalue weighted by Crippen LogP contribution is 2.41. The second kappa shape index (κ2) is 4.60. The average Bonchev–Trinajstić information content (AvgIpc) is 2.81. The lowest BCUT2D eigenvalue weighted by atomic mass is 9.93. The van der Waals surface area contributed by atoms with Gasteiger partial charge in [0.1, 0.15) is 0 Å². The van der Waals surface area contributed by atoms with E-state index in [1.54, 1.807) is 0 Å². The second-order valence-corrected chi connectivity index (χ2v) is 5.05. The first-order valence-electron chi connectivity index (χ1n) is 5.55. The molecule has 1 aliphatic carbocycles. The minimum Gasteiger partial charge on any atom is -0.392 e. The van der Waals surface area contributed by atoms with Gasteiger partial charge in [-0.25, -0.2) is 0 Å². The summed E-state index contributed by atoms with van der Waals surface area (Å²) in [6, 6.07) is 0.385. The first-order chi connectivity index (χ1) is 6.42. The predicted octanol–water partition coefficient (Wildman–Crippen LogP) is 0.896. The van der Waals surface area contributed by atoms with E-state index in [2.05, 4.69) is 5.32 Å². The van der Waals surface area contributed by atoms with E-state index in [4.69, 9.17) is 0 Å². The van der Waals surface area contributed by atoms with Crippen LogP contribution in [0.25, 0.3) is 0 Å². The molecule has 0 radical (unpaired) electrons. The summed E-state index contributed by atoms with van der Waals surface area (Å²) in [5, 5.41) is 22.9. The zero-order valence-corrected chi connectivity index (χ0v) is 9.45. The summed E-state index contributed by atoms with van der Waals surface area (Å²) >= 11 is 0. The van der Waals surface area contributed by atoms with Crippen LogP contribution in [-0.4, -0.2) is 34.5 Å². The summed E-state index contributed by atoms with van der Waals surface area (Å²) in [6.07, 6.45) is 2.26. The van der Waals surface area contributed by atoms with Crippen molar-refractivity contribution in [1.82, 2.24) is 5.32 Å². The maximum Gasteiger partial charge on any atom is 0.0692 e. The highest BCUT2D eigenvalue weighted by molar-refractivity contribution is 4.92. The van der Waals surface area contributed by atoms with Crippen molar-refractivity contribution in [2.24, 2.45) is 5.92 Å². The Balaban J connectivity index is 2.21. The molecule has 0 aliphatic heterocycles. The molecule has 0 aromatic rings. The Morgan fingerprint density at radius 3 is 2.43 bits per heavy atom. The highest BCUT2D eigenvalue weighted by atomic mass is 16.3. The van der Waals surface area contributed by atoms with Crippen LogP contribution in [0.4, 0.5) is 0 Å². The van der Waals surface area contributed by atoms with Crippen molar-refractivity contribution in [3.05, 3.63) is 0 Å². The molecule has 3 heteroatoms. The zero-order valence-electron chi connectivity index (χ0n) is 9.45. The van der Waals surface area contributed by atoms with Crippen molar-refractivity contribution in [1.29, 1.82) is 0 Å². The number of aliphatic hydroxyl groups is 2. The molecule has 0 aromatic heterocycles. The van der Waals surface area contributed by atoms with Crippen LogP contribution in [0.1, 0.15) is 40.0 Å². The molecule has 0 unspecified atom stereocenters. The third-order valence-electron chi connectivity index (χ3n) is 2.87. The molecule has 0 bridgehead atoms. The van der Waals surface area contributed by atoms with Gasteiger partial charge in [-0.1, -0.05) is 13.8 Å². The Bertz CT molecular complexity index is 176. The smallest absolute Gasteiger partial charge is 0.0692 e. The Labute approximate surface area is 86.5 Å². The zero-order chi connectivity index (χ0) is 10.8. The molecule has 1 aliphatic rings. The summed E-state index contributed by atoms with van der Waals surface area (Å²) in [5.74, 6) is 0.413. The number of nitrogens with one attached hydrogen (secondary N) is 1. The number of hydrogen-bond acceptors (Lipinski definition) is 3. The van der Waals surface area contributed by atoms with Crippen molar-refractivity contribution in [3.63, 3.8) is 0 Å². The third-order valence-corrected chi connectivity index (χ3v) is 2.87. The molecular formula is C11H23NO2. The maximum atomic E-state index is 10.0. The van der Waals surface area contributed by atoms with Crippen molar-refractivity contribution in [2.45, 2.75) is 57.8 Å². The topological polar surface area (TPSA) is 52.5 Å². The summed E-state index contributed by atoms with van der Waals surface area (Å²) in [7, 11) is 0. The molecule has 84 valence electrons. The summed E-state index contributed by atoms with van der Waals surface area (Å²) in [6.45, 7) is 6.50. The Hall–Kier alpha value is -0.120. The van der Waals surface area contributed by atoms with E-state index in [-0.39, 0.29) is 0 Å². The van der Waals surface area contributed by atoms with Gasteiger partial charge in [0.15, 0.2) is 0 Å². The Kier molecular flexibility index (Phi) is 3.93. The van der Waals surface area contributed by atoms with Gasteiger partial charge in [-0.05, 0) is 25.7 Å². The van der Waals surface area contributed by atoms with E-state index in [0.717, 1.165) is 12.8 Å². The molecule has 3 N–H and O–H groups in total. The SMILES string of the molecule is CC(C)NC[C@H](O)C[C@@](C)(O)C1CC1. The summed E-state index contributed by atoms with van der Waals surface area (Å²) in [4.78, 5) is 0. The van der Waals surface area contributed by atoms with Gasteiger partial charge in [0.05, 0.1) is 11.7 Å². The fourth-order valence-electron chi connectivity index (χ4n) is 1.79. The lowest BCUT2D eigenvalue weighted by molar-refractivity contribution is -0.0133. The summed E-state index contributed by atoms with van der Waals surface area (Å²) < 4.78 is 0. The van der Waals surface area contributed by atoms with E-state index in [1.165, 1.54) is 0 Å². The molecule has 0 aromatic carbocycles. The van der Waals surface area contributed by atoms with Crippen LogP contribution in [0.5, 0.6) is 0 Å². The van der Waals surface area contributed by atoms with Crippen LogP contribution < -0.4 is 5.32 Å².